The molecule has 1 heterocycles. The first kappa shape index (κ1) is 18.9. The van der Waals surface area contributed by atoms with Gasteiger partial charge in [-0.05, 0) is 6.92 Å². The van der Waals surface area contributed by atoms with Crippen LogP contribution in [0.15, 0.2) is 35.5 Å². The Kier molecular flexibility index (Phi) is 6.96. The molecule has 9 heteroatoms. The summed E-state index contributed by atoms with van der Waals surface area (Å²) >= 11 is 1.24. The molecule has 0 saturated heterocycles. The van der Waals surface area contributed by atoms with Crippen molar-refractivity contribution in [3.8, 4) is 11.4 Å². The summed E-state index contributed by atoms with van der Waals surface area (Å²) in [4.78, 5) is 23.3. The third kappa shape index (κ3) is 5.04. The normalized spacial score (nSPS) is 11.8. The number of methoxy groups -OCH3 is 1. The molecule has 0 saturated carbocycles. The van der Waals surface area contributed by atoms with Crippen LogP contribution in [0.5, 0.6) is 0 Å². The average molecular weight is 363 g/mol. The van der Waals surface area contributed by atoms with Crippen molar-refractivity contribution in [2.24, 2.45) is 0 Å². The minimum Gasteiger partial charge on any atom is -0.383 e. The van der Waals surface area contributed by atoms with Crippen LogP contribution in [-0.4, -0.2) is 52.7 Å². The number of ether oxygens (including phenoxy) is 1. The number of nitrogens with zero attached hydrogens (tertiary/aromatic N) is 3. The number of thioether (sulfide) groups is 1. The second kappa shape index (κ2) is 9.19. The van der Waals surface area contributed by atoms with Gasteiger partial charge in [0.25, 0.3) is 0 Å². The summed E-state index contributed by atoms with van der Waals surface area (Å²) in [5, 5.41) is 13.2. The molecule has 3 amide bonds. The molecule has 2 N–H and O–H groups in total. The quantitative estimate of drug-likeness (QED) is 0.724. The van der Waals surface area contributed by atoms with Crippen LogP contribution < -0.4 is 10.6 Å². The summed E-state index contributed by atoms with van der Waals surface area (Å²) in [7, 11) is 3.08. The first-order valence-corrected chi connectivity index (χ1v) is 8.61. The molecule has 1 unspecified atom stereocenters. The number of carbonyl (C=O) groups excluding carboxylic acids is 2. The van der Waals surface area contributed by atoms with Crippen LogP contribution in [0.2, 0.25) is 0 Å². The molecule has 2 rings (SSSR count). The molecule has 25 heavy (non-hydrogen) atoms. The number of carbonyl (C=O) groups is 2. The van der Waals surface area contributed by atoms with E-state index in [0.717, 1.165) is 5.56 Å². The van der Waals surface area contributed by atoms with Crippen LogP contribution in [0.1, 0.15) is 6.92 Å². The molecule has 0 fully saturated rings. The van der Waals surface area contributed by atoms with Crippen LogP contribution in [0, 0.1) is 0 Å². The first-order valence-electron chi connectivity index (χ1n) is 7.73. The summed E-state index contributed by atoms with van der Waals surface area (Å²) < 4.78 is 7.07. The molecule has 0 bridgehead atoms. The van der Waals surface area contributed by atoms with Crippen LogP contribution >= 0.6 is 11.8 Å². The Labute approximate surface area is 150 Å². The highest BCUT2D eigenvalue weighted by molar-refractivity contribution is 8.00. The number of amides is 3. The Morgan fingerprint density at radius 3 is 2.64 bits per heavy atom. The van der Waals surface area contributed by atoms with Gasteiger partial charge < -0.3 is 10.1 Å². The van der Waals surface area contributed by atoms with Gasteiger partial charge in [0.15, 0.2) is 11.0 Å². The molecular formula is C16H21N5O3S. The van der Waals surface area contributed by atoms with E-state index in [2.05, 4.69) is 20.8 Å². The SMILES string of the molecule is CNC(=O)NC(=O)C(C)Sc1nnc(-c2ccccc2)n1CCOC. The summed E-state index contributed by atoms with van der Waals surface area (Å²) in [5.74, 6) is 0.311. The first-order chi connectivity index (χ1) is 12.1. The Hall–Kier alpha value is -2.39. The lowest BCUT2D eigenvalue weighted by atomic mass is 10.2. The number of rotatable bonds is 7. The van der Waals surface area contributed by atoms with E-state index < -0.39 is 17.2 Å². The average Bonchev–Trinajstić information content (AvgIpc) is 3.02. The van der Waals surface area contributed by atoms with Gasteiger partial charge in [-0.3, -0.25) is 14.7 Å². The molecule has 0 aliphatic carbocycles. The third-order valence-electron chi connectivity index (χ3n) is 3.38. The Morgan fingerprint density at radius 1 is 1.28 bits per heavy atom. The van der Waals surface area contributed by atoms with Crippen molar-refractivity contribution in [3.63, 3.8) is 0 Å². The van der Waals surface area contributed by atoms with E-state index in [-0.39, 0.29) is 0 Å². The standard InChI is InChI=1S/C16H21N5O3S/c1-11(14(22)18-15(23)17-2)25-16-20-19-13(21(16)9-10-24-3)12-7-5-4-6-8-12/h4-8,11H,9-10H2,1-3H3,(H2,17,18,22,23). The number of imide groups is 1. The monoisotopic (exact) mass is 363 g/mol. The van der Waals surface area contributed by atoms with Gasteiger partial charge in [0, 0.05) is 19.7 Å². The van der Waals surface area contributed by atoms with Gasteiger partial charge in [-0.15, -0.1) is 10.2 Å². The van der Waals surface area contributed by atoms with E-state index in [0.29, 0.717) is 24.1 Å². The topological polar surface area (TPSA) is 98.1 Å². The van der Waals surface area contributed by atoms with Crippen molar-refractivity contribution in [3.05, 3.63) is 30.3 Å². The summed E-state index contributed by atoms with van der Waals surface area (Å²) in [6.45, 7) is 2.75. The lowest BCUT2D eigenvalue weighted by Gasteiger charge is -2.13. The van der Waals surface area contributed by atoms with E-state index in [1.807, 2.05) is 34.9 Å². The third-order valence-corrected chi connectivity index (χ3v) is 4.46. The highest BCUT2D eigenvalue weighted by Gasteiger charge is 2.21. The van der Waals surface area contributed by atoms with Crippen LogP contribution in [0.25, 0.3) is 11.4 Å². The number of nitrogens with one attached hydrogen (secondary N) is 2. The molecule has 2 aromatic rings. The van der Waals surface area contributed by atoms with Gasteiger partial charge in [-0.25, -0.2) is 4.79 Å². The van der Waals surface area contributed by atoms with Gasteiger partial charge in [-0.1, -0.05) is 42.1 Å². The zero-order chi connectivity index (χ0) is 18.2. The predicted octanol–water partition coefficient (Wildman–Crippen LogP) is 1.53. The van der Waals surface area contributed by atoms with E-state index in [1.54, 1.807) is 14.0 Å². The highest BCUT2D eigenvalue weighted by atomic mass is 32.2. The second-order valence-electron chi connectivity index (χ2n) is 5.15. The lowest BCUT2D eigenvalue weighted by molar-refractivity contribution is -0.119. The molecule has 0 aliphatic rings. The van der Waals surface area contributed by atoms with Crippen LogP contribution in [0.3, 0.4) is 0 Å². The maximum absolute atomic E-state index is 12.0. The number of hydrogen-bond acceptors (Lipinski definition) is 6. The van der Waals surface area contributed by atoms with Gasteiger partial charge in [0.2, 0.25) is 5.91 Å². The zero-order valence-corrected chi connectivity index (χ0v) is 15.2. The number of benzene rings is 1. The predicted molar refractivity (Wildman–Crippen MR) is 95.3 cm³/mol. The van der Waals surface area contributed by atoms with Crippen molar-refractivity contribution in [2.45, 2.75) is 23.9 Å². The fourth-order valence-corrected chi connectivity index (χ4v) is 2.92. The summed E-state index contributed by atoms with van der Waals surface area (Å²) in [6, 6.07) is 9.14. The van der Waals surface area contributed by atoms with E-state index in [4.69, 9.17) is 4.74 Å². The van der Waals surface area contributed by atoms with Crippen LogP contribution in [-0.2, 0) is 16.1 Å². The fourth-order valence-electron chi connectivity index (χ4n) is 2.05. The zero-order valence-electron chi connectivity index (χ0n) is 14.4. The molecule has 1 aromatic heterocycles. The van der Waals surface area contributed by atoms with Gasteiger partial charge in [-0.2, -0.15) is 0 Å². The molecule has 0 spiro atoms. The number of aromatic nitrogens is 3. The maximum atomic E-state index is 12.0. The maximum Gasteiger partial charge on any atom is 0.321 e. The van der Waals surface area contributed by atoms with Crippen molar-refractivity contribution in [1.82, 2.24) is 25.4 Å². The molecule has 1 aromatic carbocycles. The van der Waals surface area contributed by atoms with Gasteiger partial charge in [0.05, 0.1) is 18.4 Å². The lowest BCUT2D eigenvalue weighted by Crippen LogP contribution is -2.41. The smallest absolute Gasteiger partial charge is 0.321 e. The Morgan fingerprint density at radius 2 is 2.00 bits per heavy atom. The number of urea groups is 1. The van der Waals surface area contributed by atoms with E-state index in [1.165, 1.54) is 18.8 Å². The van der Waals surface area contributed by atoms with Crippen molar-refractivity contribution >= 4 is 23.7 Å². The molecule has 0 aliphatic heterocycles. The van der Waals surface area contributed by atoms with Crippen molar-refractivity contribution in [1.29, 1.82) is 0 Å². The Bertz CT molecular complexity index is 720. The van der Waals surface area contributed by atoms with E-state index in [9.17, 15) is 9.59 Å². The molecule has 0 radical (unpaired) electrons. The minimum atomic E-state index is -0.539. The molecule has 1 atom stereocenters. The Balaban J connectivity index is 2.21. The highest BCUT2D eigenvalue weighted by Crippen LogP contribution is 2.26. The van der Waals surface area contributed by atoms with E-state index >= 15 is 0 Å². The number of hydrogen-bond donors (Lipinski definition) is 2. The summed E-state index contributed by atoms with van der Waals surface area (Å²) in [6.07, 6.45) is 0. The molecular weight excluding hydrogens is 342 g/mol. The largest absolute Gasteiger partial charge is 0.383 e. The molecule has 8 nitrogen and oxygen atoms in total. The van der Waals surface area contributed by atoms with Gasteiger partial charge >= 0.3 is 6.03 Å². The van der Waals surface area contributed by atoms with Crippen LogP contribution in [0.4, 0.5) is 4.79 Å². The molecule has 134 valence electrons. The van der Waals surface area contributed by atoms with Crippen molar-refractivity contribution < 1.29 is 14.3 Å². The fraction of sp³-hybridized carbons (Fsp3) is 0.375. The van der Waals surface area contributed by atoms with Crippen molar-refractivity contribution in [2.75, 3.05) is 20.8 Å². The van der Waals surface area contributed by atoms with Gasteiger partial charge in [0.1, 0.15) is 0 Å². The summed E-state index contributed by atoms with van der Waals surface area (Å²) in [5.41, 5.74) is 0.931. The minimum absolute atomic E-state index is 0.396. The second-order valence-corrected chi connectivity index (χ2v) is 6.45.